The predicted octanol–water partition coefficient (Wildman–Crippen LogP) is 1.85. The lowest BCUT2D eigenvalue weighted by molar-refractivity contribution is 0.264. The van der Waals surface area contributed by atoms with Crippen LogP contribution in [0.25, 0.3) is 0 Å². The van der Waals surface area contributed by atoms with E-state index >= 15 is 0 Å². The number of aliphatic hydroxyl groups is 1. The molecule has 2 rings (SSSR count). The lowest BCUT2D eigenvalue weighted by Crippen LogP contribution is -2.36. The summed E-state index contributed by atoms with van der Waals surface area (Å²) < 4.78 is 27.0. The van der Waals surface area contributed by atoms with Gasteiger partial charge in [0.05, 0.1) is 10.7 Å². The molecule has 0 spiro atoms. The molecule has 0 saturated carbocycles. The summed E-state index contributed by atoms with van der Waals surface area (Å²) in [5.74, 6) is 0. The number of nitrogens with zero attached hydrogens (tertiary/aromatic N) is 1. The summed E-state index contributed by atoms with van der Waals surface area (Å²) in [5, 5.41) is 9.06. The maximum absolute atomic E-state index is 12.7. The highest BCUT2D eigenvalue weighted by Gasteiger charge is 2.36. The van der Waals surface area contributed by atoms with Gasteiger partial charge in [-0.15, -0.1) is 0 Å². The molecule has 1 saturated heterocycles. The van der Waals surface area contributed by atoms with Crippen LogP contribution in [0.4, 0.5) is 5.69 Å². The van der Waals surface area contributed by atoms with Crippen LogP contribution in [0.2, 0.25) is 5.02 Å². The number of nitrogens with two attached hydrogens (primary N) is 1. The zero-order chi connectivity index (χ0) is 14.8. The van der Waals surface area contributed by atoms with Gasteiger partial charge in [-0.1, -0.05) is 17.7 Å². The molecule has 1 heterocycles. The Balaban J connectivity index is 2.34. The molecule has 1 aliphatic rings. The highest BCUT2D eigenvalue weighted by molar-refractivity contribution is 7.89. The monoisotopic (exact) mass is 318 g/mol. The Bertz CT molecular complexity index is 557. The molecular weight excluding hydrogens is 300 g/mol. The fourth-order valence-corrected chi connectivity index (χ4v) is 5.02. The number of hydrogen-bond acceptors (Lipinski definition) is 4. The van der Waals surface area contributed by atoms with E-state index in [4.69, 9.17) is 22.4 Å². The van der Waals surface area contributed by atoms with E-state index in [1.54, 1.807) is 6.07 Å². The lowest BCUT2D eigenvalue weighted by atomic mass is 10.1. The van der Waals surface area contributed by atoms with Crippen molar-refractivity contribution in [3.63, 3.8) is 0 Å². The van der Waals surface area contributed by atoms with Crippen LogP contribution in [0, 0.1) is 0 Å². The van der Waals surface area contributed by atoms with Gasteiger partial charge in [0, 0.05) is 19.2 Å². The molecule has 0 radical (unpaired) electrons. The molecule has 0 bridgehead atoms. The molecule has 1 aromatic carbocycles. The highest BCUT2D eigenvalue weighted by atomic mass is 35.5. The van der Waals surface area contributed by atoms with Crippen LogP contribution in [0.15, 0.2) is 23.1 Å². The van der Waals surface area contributed by atoms with Crippen molar-refractivity contribution in [2.45, 2.75) is 36.6 Å². The van der Waals surface area contributed by atoms with E-state index in [9.17, 15) is 8.42 Å². The first-order valence-electron chi connectivity index (χ1n) is 6.65. The van der Waals surface area contributed by atoms with Crippen molar-refractivity contribution in [3.05, 3.63) is 23.2 Å². The van der Waals surface area contributed by atoms with Gasteiger partial charge in [0.15, 0.2) is 0 Å². The molecule has 112 valence electrons. The SMILES string of the molecule is Nc1cccc(Cl)c1S(=O)(=O)N1CCCC1CCCO. The van der Waals surface area contributed by atoms with Crippen molar-refractivity contribution < 1.29 is 13.5 Å². The zero-order valence-corrected chi connectivity index (χ0v) is 12.7. The first-order chi connectivity index (χ1) is 9.48. The molecule has 1 unspecified atom stereocenters. The highest BCUT2D eigenvalue weighted by Crippen LogP contribution is 2.34. The Labute approximate surface area is 124 Å². The van der Waals surface area contributed by atoms with E-state index in [0.717, 1.165) is 12.8 Å². The number of halogens is 1. The zero-order valence-electron chi connectivity index (χ0n) is 11.1. The number of hydrogen-bond donors (Lipinski definition) is 2. The second-order valence-electron chi connectivity index (χ2n) is 4.94. The Morgan fingerprint density at radius 2 is 2.20 bits per heavy atom. The standard InChI is InChI=1S/C13H19ClN2O3S/c14-11-6-1-7-12(15)13(11)20(18,19)16-8-2-4-10(16)5-3-9-17/h1,6-7,10,17H,2-5,8-9,15H2. The second kappa shape index (κ2) is 6.30. The molecule has 1 aliphatic heterocycles. The number of rotatable bonds is 5. The van der Waals surface area contributed by atoms with Crippen LogP contribution in [0.5, 0.6) is 0 Å². The summed E-state index contributed by atoms with van der Waals surface area (Å²) >= 11 is 6.02. The minimum atomic E-state index is -3.68. The third-order valence-corrected chi connectivity index (χ3v) is 6.08. The average Bonchev–Trinajstić information content (AvgIpc) is 2.84. The van der Waals surface area contributed by atoms with E-state index in [1.807, 2.05) is 0 Å². The first kappa shape index (κ1) is 15.6. The quantitative estimate of drug-likeness (QED) is 0.811. The number of benzene rings is 1. The minimum absolute atomic E-state index is 0.00225. The maximum atomic E-state index is 12.7. The Kier molecular flexibility index (Phi) is 4.90. The molecule has 5 nitrogen and oxygen atoms in total. The van der Waals surface area contributed by atoms with Gasteiger partial charge in [-0.2, -0.15) is 4.31 Å². The molecule has 1 atom stereocenters. The van der Waals surface area contributed by atoms with E-state index in [2.05, 4.69) is 0 Å². The van der Waals surface area contributed by atoms with Crippen molar-refractivity contribution in [3.8, 4) is 0 Å². The Hall–Kier alpha value is -0.820. The van der Waals surface area contributed by atoms with Crippen molar-refractivity contribution in [1.29, 1.82) is 0 Å². The smallest absolute Gasteiger partial charge is 0.246 e. The number of nitrogen functional groups attached to an aromatic ring is 1. The van der Waals surface area contributed by atoms with Gasteiger partial charge in [0.25, 0.3) is 0 Å². The van der Waals surface area contributed by atoms with Crippen LogP contribution in [0.1, 0.15) is 25.7 Å². The summed E-state index contributed by atoms with van der Waals surface area (Å²) in [6.07, 6.45) is 2.87. The third kappa shape index (κ3) is 2.93. The molecule has 20 heavy (non-hydrogen) atoms. The summed E-state index contributed by atoms with van der Waals surface area (Å²) in [4.78, 5) is -0.00225. The molecule has 7 heteroatoms. The average molecular weight is 319 g/mol. The van der Waals surface area contributed by atoms with Crippen molar-refractivity contribution >= 4 is 27.3 Å². The van der Waals surface area contributed by atoms with Crippen LogP contribution in [-0.4, -0.2) is 37.0 Å². The fourth-order valence-electron chi connectivity index (χ4n) is 2.66. The van der Waals surface area contributed by atoms with Crippen LogP contribution >= 0.6 is 11.6 Å². The van der Waals surface area contributed by atoms with Crippen LogP contribution < -0.4 is 5.73 Å². The van der Waals surface area contributed by atoms with Gasteiger partial charge in [0.2, 0.25) is 10.0 Å². The van der Waals surface area contributed by atoms with E-state index in [-0.39, 0.29) is 28.3 Å². The molecule has 1 fully saturated rings. The molecule has 0 aliphatic carbocycles. The summed E-state index contributed by atoms with van der Waals surface area (Å²) in [5.41, 5.74) is 5.96. The molecular formula is C13H19ClN2O3S. The molecule has 0 aromatic heterocycles. The van der Waals surface area contributed by atoms with E-state index in [0.29, 0.717) is 19.4 Å². The van der Waals surface area contributed by atoms with Gasteiger partial charge in [-0.3, -0.25) is 0 Å². The van der Waals surface area contributed by atoms with Crippen molar-refractivity contribution in [1.82, 2.24) is 4.31 Å². The van der Waals surface area contributed by atoms with Gasteiger partial charge in [0.1, 0.15) is 4.90 Å². The van der Waals surface area contributed by atoms with Crippen molar-refractivity contribution in [2.75, 3.05) is 18.9 Å². The first-order valence-corrected chi connectivity index (χ1v) is 8.47. The van der Waals surface area contributed by atoms with Gasteiger partial charge >= 0.3 is 0 Å². The number of anilines is 1. The lowest BCUT2D eigenvalue weighted by Gasteiger charge is -2.25. The van der Waals surface area contributed by atoms with E-state index in [1.165, 1.54) is 16.4 Å². The summed E-state index contributed by atoms with van der Waals surface area (Å²) in [6, 6.07) is 4.62. The second-order valence-corrected chi connectivity index (χ2v) is 7.17. The fraction of sp³-hybridized carbons (Fsp3) is 0.538. The van der Waals surface area contributed by atoms with Gasteiger partial charge < -0.3 is 10.8 Å². The maximum Gasteiger partial charge on any atom is 0.246 e. The summed E-state index contributed by atoms with van der Waals surface area (Å²) in [7, 11) is -3.68. The summed E-state index contributed by atoms with van der Waals surface area (Å²) in [6.45, 7) is 0.543. The number of sulfonamides is 1. The largest absolute Gasteiger partial charge is 0.398 e. The van der Waals surface area contributed by atoms with Gasteiger partial charge in [-0.05, 0) is 37.8 Å². The normalized spacial score (nSPS) is 20.4. The molecule has 3 N–H and O–H groups in total. The molecule has 0 amide bonds. The van der Waals surface area contributed by atoms with Crippen LogP contribution in [0.3, 0.4) is 0 Å². The Morgan fingerprint density at radius 1 is 1.45 bits per heavy atom. The van der Waals surface area contributed by atoms with Crippen molar-refractivity contribution in [2.24, 2.45) is 0 Å². The molecule has 1 aromatic rings. The van der Waals surface area contributed by atoms with Gasteiger partial charge in [-0.25, -0.2) is 8.42 Å². The third-order valence-electron chi connectivity index (χ3n) is 3.58. The number of aliphatic hydroxyl groups excluding tert-OH is 1. The van der Waals surface area contributed by atoms with E-state index < -0.39 is 10.0 Å². The Morgan fingerprint density at radius 3 is 2.85 bits per heavy atom. The van der Waals surface area contributed by atoms with Crippen LogP contribution in [-0.2, 0) is 10.0 Å². The predicted molar refractivity (Wildman–Crippen MR) is 79.1 cm³/mol. The topological polar surface area (TPSA) is 83.6 Å². The minimum Gasteiger partial charge on any atom is -0.398 e.